The number of fused-ring (bicyclic) bond motifs is 3. The van der Waals surface area contributed by atoms with Crippen molar-refractivity contribution in [2.24, 2.45) is 0 Å². The van der Waals surface area contributed by atoms with Crippen LogP contribution in [0.4, 0.5) is 0 Å². The number of nitrogens with zero attached hydrogens (tertiary/aromatic N) is 3. The average Bonchev–Trinajstić information content (AvgIpc) is 3.13. The molecule has 2 aromatic rings. The van der Waals surface area contributed by atoms with E-state index in [0.717, 1.165) is 42.3 Å². The molecule has 0 amide bonds. The molecule has 0 aromatic carbocycles. The third-order valence-electron chi connectivity index (χ3n) is 5.42. The van der Waals surface area contributed by atoms with Gasteiger partial charge < -0.3 is 4.90 Å². The summed E-state index contributed by atoms with van der Waals surface area (Å²) in [6.45, 7) is 0. The van der Waals surface area contributed by atoms with Crippen LogP contribution in [0.3, 0.4) is 0 Å². The fraction of sp³-hybridized carbons (Fsp3) is 0.647. The van der Waals surface area contributed by atoms with Crippen LogP contribution in [0.25, 0.3) is 10.2 Å². The number of aryl methyl sites for hydroxylation is 1. The molecule has 1 saturated carbocycles. The molecule has 4 rings (SSSR count). The third-order valence-corrected chi connectivity index (χ3v) is 6.58. The standard InChI is InChI=1S/C17H23N3OS/c1-19(2)12-7-8-13-14(9-12)22-16-15(13)17(21)20(10-18-16)11-5-3-4-6-11/h10-12H,3-9H2,1-2H3. The molecule has 0 radical (unpaired) electrons. The molecule has 22 heavy (non-hydrogen) atoms. The summed E-state index contributed by atoms with van der Waals surface area (Å²) >= 11 is 1.74. The van der Waals surface area contributed by atoms with Gasteiger partial charge in [-0.25, -0.2) is 4.98 Å². The lowest BCUT2D eigenvalue weighted by Gasteiger charge is -2.28. The Balaban J connectivity index is 1.81. The lowest BCUT2D eigenvalue weighted by Crippen LogP contribution is -2.33. The minimum atomic E-state index is 0.206. The van der Waals surface area contributed by atoms with Gasteiger partial charge in [0.2, 0.25) is 0 Å². The second-order valence-electron chi connectivity index (χ2n) is 6.94. The minimum absolute atomic E-state index is 0.206. The fourth-order valence-electron chi connectivity index (χ4n) is 4.05. The quantitative estimate of drug-likeness (QED) is 0.854. The molecular formula is C17H23N3OS. The average molecular weight is 317 g/mol. The number of thiophene rings is 1. The molecule has 1 fully saturated rings. The normalized spacial score (nSPS) is 22.6. The summed E-state index contributed by atoms with van der Waals surface area (Å²) in [5, 5.41) is 0.923. The van der Waals surface area contributed by atoms with Crippen LogP contribution in [0.2, 0.25) is 0 Å². The first-order valence-corrected chi connectivity index (χ1v) is 9.14. The predicted molar refractivity (Wildman–Crippen MR) is 90.9 cm³/mol. The first kappa shape index (κ1) is 14.4. The van der Waals surface area contributed by atoms with E-state index >= 15 is 0 Å². The molecule has 2 aliphatic rings. The Labute approximate surface area is 134 Å². The number of likely N-dealkylation sites (N-methyl/N-ethyl adjacent to an activating group) is 1. The van der Waals surface area contributed by atoms with Gasteiger partial charge >= 0.3 is 0 Å². The van der Waals surface area contributed by atoms with Crippen molar-refractivity contribution in [3.8, 4) is 0 Å². The molecular weight excluding hydrogens is 294 g/mol. The second kappa shape index (κ2) is 5.46. The first-order valence-electron chi connectivity index (χ1n) is 8.33. The second-order valence-corrected chi connectivity index (χ2v) is 8.02. The SMILES string of the molecule is CN(C)C1CCc2c(sc3ncn(C4CCCC4)c(=O)c23)C1. The van der Waals surface area contributed by atoms with Crippen LogP contribution in [0.1, 0.15) is 48.6 Å². The Hall–Kier alpha value is -1.20. The highest BCUT2D eigenvalue weighted by Crippen LogP contribution is 2.35. The zero-order valence-electron chi connectivity index (χ0n) is 13.3. The Morgan fingerprint density at radius 1 is 1.27 bits per heavy atom. The molecule has 1 atom stereocenters. The van der Waals surface area contributed by atoms with Crippen LogP contribution in [-0.2, 0) is 12.8 Å². The summed E-state index contributed by atoms with van der Waals surface area (Å²) in [6.07, 6.45) is 9.75. The lowest BCUT2D eigenvalue weighted by molar-refractivity contribution is 0.270. The van der Waals surface area contributed by atoms with Crippen molar-refractivity contribution in [2.75, 3.05) is 14.1 Å². The van der Waals surface area contributed by atoms with Gasteiger partial charge in [0.1, 0.15) is 4.83 Å². The van der Waals surface area contributed by atoms with Gasteiger partial charge in [-0.1, -0.05) is 12.8 Å². The van der Waals surface area contributed by atoms with Crippen molar-refractivity contribution < 1.29 is 0 Å². The first-order chi connectivity index (χ1) is 10.6. The maximum Gasteiger partial charge on any atom is 0.262 e. The van der Waals surface area contributed by atoms with E-state index in [9.17, 15) is 4.79 Å². The minimum Gasteiger partial charge on any atom is -0.306 e. The predicted octanol–water partition coefficient (Wildman–Crippen LogP) is 2.99. The highest BCUT2D eigenvalue weighted by molar-refractivity contribution is 7.18. The molecule has 0 bridgehead atoms. The van der Waals surface area contributed by atoms with Crippen molar-refractivity contribution in [3.05, 3.63) is 27.1 Å². The molecule has 5 heteroatoms. The molecule has 2 heterocycles. The van der Waals surface area contributed by atoms with E-state index in [2.05, 4.69) is 24.0 Å². The Bertz CT molecular complexity index is 755. The van der Waals surface area contributed by atoms with E-state index in [1.165, 1.54) is 23.3 Å². The van der Waals surface area contributed by atoms with E-state index < -0.39 is 0 Å². The maximum absolute atomic E-state index is 13.0. The van der Waals surface area contributed by atoms with E-state index in [0.29, 0.717) is 12.1 Å². The monoisotopic (exact) mass is 317 g/mol. The van der Waals surface area contributed by atoms with Crippen molar-refractivity contribution in [2.45, 2.75) is 57.0 Å². The largest absolute Gasteiger partial charge is 0.306 e. The van der Waals surface area contributed by atoms with Crippen LogP contribution >= 0.6 is 11.3 Å². The van der Waals surface area contributed by atoms with Gasteiger partial charge in [-0.15, -0.1) is 11.3 Å². The Morgan fingerprint density at radius 2 is 2.05 bits per heavy atom. The molecule has 0 saturated heterocycles. The van der Waals surface area contributed by atoms with E-state index in [1.807, 2.05) is 4.57 Å². The number of hydrogen-bond donors (Lipinski definition) is 0. The van der Waals surface area contributed by atoms with Crippen molar-refractivity contribution in [1.82, 2.24) is 14.5 Å². The van der Waals surface area contributed by atoms with E-state index in [4.69, 9.17) is 0 Å². The Morgan fingerprint density at radius 3 is 2.77 bits per heavy atom. The maximum atomic E-state index is 13.0. The molecule has 0 N–H and O–H groups in total. The van der Waals surface area contributed by atoms with Crippen LogP contribution < -0.4 is 5.56 Å². The van der Waals surface area contributed by atoms with Crippen molar-refractivity contribution in [1.29, 1.82) is 0 Å². The lowest BCUT2D eigenvalue weighted by atomic mass is 9.92. The molecule has 1 unspecified atom stereocenters. The molecule has 4 nitrogen and oxygen atoms in total. The summed E-state index contributed by atoms with van der Waals surface area (Å²) in [7, 11) is 4.29. The van der Waals surface area contributed by atoms with E-state index in [1.54, 1.807) is 17.7 Å². The molecule has 2 aliphatic carbocycles. The highest BCUT2D eigenvalue weighted by atomic mass is 32.1. The van der Waals surface area contributed by atoms with Gasteiger partial charge in [-0.3, -0.25) is 9.36 Å². The summed E-state index contributed by atoms with van der Waals surface area (Å²) in [6, 6.07) is 0.968. The number of rotatable bonds is 2. The summed E-state index contributed by atoms with van der Waals surface area (Å²) in [5.41, 5.74) is 1.50. The smallest absolute Gasteiger partial charge is 0.262 e. The third kappa shape index (κ3) is 2.22. The van der Waals surface area contributed by atoms with Crippen LogP contribution in [0, 0.1) is 0 Å². The Kier molecular flexibility index (Phi) is 3.57. The van der Waals surface area contributed by atoms with Gasteiger partial charge in [-0.05, 0) is 51.8 Å². The van der Waals surface area contributed by atoms with Gasteiger partial charge in [0.25, 0.3) is 5.56 Å². The fourth-order valence-corrected chi connectivity index (χ4v) is 5.29. The van der Waals surface area contributed by atoms with Crippen molar-refractivity contribution in [3.63, 3.8) is 0 Å². The summed E-state index contributed by atoms with van der Waals surface area (Å²) < 4.78 is 1.92. The van der Waals surface area contributed by atoms with Crippen LogP contribution in [0.15, 0.2) is 11.1 Å². The van der Waals surface area contributed by atoms with Gasteiger partial charge in [0.15, 0.2) is 0 Å². The molecule has 0 aliphatic heterocycles. The zero-order chi connectivity index (χ0) is 15.3. The van der Waals surface area contributed by atoms with Crippen molar-refractivity contribution >= 4 is 21.6 Å². The zero-order valence-corrected chi connectivity index (χ0v) is 14.2. The molecule has 118 valence electrons. The van der Waals surface area contributed by atoms with Gasteiger partial charge in [-0.2, -0.15) is 0 Å². The highest BCUT2D eigenvalue weighted by Gasteiger charge is 2.27. The van der Waals surface area contributed by atoms with Gasteiger partial charge in [0, 0.05) is 17.0 Å². The topological polar surface area (TPSA) is 38.1 Å². The molecule has 2 aromatic heterocycles. The molecule has 0 spiro atoms. The summed E-state index contributed by atoms with van der Waals surface area (Å²) in [5.74, 6) is 0. The van der Waals surface area contributed by atoms with Gasteiger partial charge in [0.05, 0.1) is 11.7 Å². The number of aromatic nitrogens is 2. The number of hydrogen-bond acceptors (Lipinski definition) is 4. The summed E-state index contributed by atoms with van der Waals surface area (Å²) in [4.78, 5) is 22.2. The van der Waals surface area contributed by atoms with Crippen LogP contribution in [-0.4, -0.2) is 34.6 Å². The van der Waals surface area contributed by atoms with E-state index in [-0.39, 0.29) is 5.56 Å². The van der Waals surface area contributed by atoms with Crippen LogP contribution in [0.5, 0.6) is 0 Å².